The Balaban J connectivity index is 2.68. The summed E-state index contributed by atoms with van der Waals surface area (Å²) in [4.78, 5) is 0. The number of phenolic OH excluding ortho intramolecular Hbond substituents is 10. The summed E-state index contributed by atoms with van der Waals surface area (Å²) < 4.78 is 0. The number of aromatic hydroxyl groups is 10. The lowest BCUT2D eigenvalue weighted by atomic mass is 9.37. The van der Waals surface area contributed by atoms with E-state index < -0.39 is 68.1 Å². The maximum Gasteiger partial charge on any atom is 0.208 e. The van der Waals surface area contributed by atoms with E-state index in [4.69, 9.17) is 0 Å². The van der Waals surface area contributed by atoms with Gasteiger partial charge in [-0.05, 0) is 10.6 Å². The molecule has 2 aromatic carbocycles. The molecule has 0 heterocycles. The minimum Gasteiger partial charge on any atom is -0.504 e. The number of hydrogen-bond acceptors (Lipinski definition) is 10. The standard InChI is InChI=1S/C18H22BO10/c1-17(2,5-7(20)11(24)15(28)12(25)8(5)21)19-18(3,4)6-9(22)13(26)16(29)14(27)10(6)23/h20-29H,1-4H3. The molecular formula is C18H22BO10. The summed E-state index contributed by atoms with van der Waals surface area (Å²) in [5, 5.41) is 96.4. The van der Waals surface area contributed by atoms with Gasteiger partial charge in [0, 0.05) is 11.1 Å². The molecule has 29 heavy (non-hydrogen) atoms. The van der Waals surface area contributed by atoms with Crippen molar-refractivity contribution in [1.29, 1.82) is 0 Å². The molecule has 2 aromatic rings. The van der Waals surface area contributed by atoms with Crippen LogP contribution >= 0.6 is 0 Å². The zero-order chi connectivity index (χ0) is 22.6. The Labute approximate surface area is 166 Å². The molecule has 10 N–H and O–H groups in total. The van der Waals surface area contributed by atoms with Crippen LogP contribution in [0.2, 0.25) is 0 Å². The van der Waals surface area contributed by atoms with E-state index >= 15 is 0 Å². The van der Waals surface area contributed by atoms with Gasteiger partial charge in [0.25, 0.3) is 0 Å². The van der Waals surface area contributed by atoms with E-state index in [0.717, 1.165) is 0 Å². The number of hydrogen-bond donors (Lipinski definition) is 10. The molecule has 0 aliphatic carbocycles. The molecule has 0 bridgehead atoms. The normalized spacial score (nSPS) is 12.1. The molecule has 0 aromatic heterocycles. The Morgan fingerprint density at radius 2 is 0.552 bits per heavy atom. The van der Waals surface area contributed by atoms with Gasteiger partial charge < -0.3 is 51.1 Å². The molecule has 0 fully saturated rings. The van der Waals surface area contributed by atoms with Crippen molar-refractivity contribution in [3.05, 3.63) is 11.1 Å². The van der Waals surface area contributed by atoms with Gasteiger partial charge in [0.15, 0.2) is 23.0 Å². The predicted octanol–water partition coefficient (Wildman–Crippen LogP) is 1.62. The van der Waals surface area contributed by atoms with Crippen molar-refractivity contribution in [2.24, 2.45) is 0 Å². The van der Waals surface area contributed by atoms with Gasteiger partial charge in [-0.25, -0.2) is 0 Å². The number of rotatable bonds is 4. The van der Waals surface area contributed by atoms with Crippen molar-refractivity contribution in [2.45, 2.75) is 38.3 Å². The summed E-state index contributed by atoms with van der Waals surface area (Å²) in [6, 6.07) is 0. The van der Waals surface area contributed by atoms with E-state index in [1.807, 2.05) is 0 Å². The summed E-state index contributed by atoms with van der Waals surface area (Å²) in [7, 11) is 1.36. The second-order valence-electron chi connectivity index (χ2n) is 7.82. The molecule has 0 amide bonds. The van der Waals surface area contributed by atoms with Crippen LogP contribution in [0.25, 0.3) is 0 Å². The van der Waals surface area contributed by atoms with Crippen LogP contribution in [0, 0.1) is 0 Å². The smallest absolute Gasteiger partial charge is 0.208 e. The quantitative estimate of drug-likeness (QED) is 0.201. The summed E-state index contributed by atoms with van der Waals surface area (Å²) in [5.41, 5.74) is -0.769. The summed E-state index contributed by atoms with van der Waals surface area (Å²) in [5.74, 6) is -10.2. The summed E-state index contributed by atoms with van der Waals surface area (Å²) in [6.07, 6.45) is 0. The average Bonchev–Trinajstić information content (AvgIpc) is 2.60. The van der Waals surface area contributed by atoms with E-state index in [1.165, 1.54) is 35.0 Å². The van der Waals surface area contributed by atoms with Gasteiger partial charge in [-0.2, -0.15) is 0 Å². The van der Waals surface area contributed by atoms with Crippen molar-refractivity contribution >= 4 is 7.28 Å². The molecule has 0 spiro atoms. The molecule has 0 unspecified atom stereocenters. The molecule has 10 nitrogen and oxygen atoms in total. The van der Waals surface area contributed by atoms with Crippen LogP contribution in [0.3, 0.4) is 0 Å². The maximum absolute atomic E-state index is 10.2. The maximum atomic E-state index is 10.2. The molecule has 0 aliphatic heterocycles. The highest BCUT2D eigenvalue weighted by Crippen LogP contribution is 2.57. The summed E-state index contributed by atoms with van der Waals surface area (Å²) >= 11 is 0. The lowest BCUT2D eigenvalue weighted by molar-refractivity contribution is 0.318. The van der Waals surface area contributed by atoms with Crippen LogP contribution in [0.5, 0.6) is 57.5 Å². The minimum absolute atomic E-state index is 0.385. The Kier molecular flexibility index (Phi) is 4.92. The first-order valence-corrected chi connectivity index (χ1v) is 8.31. The van der Waals surface area contributed by atoms with E-state index in [0.29, 0.717) is 0 Å². The first-order chi connectivity index (χ1) is 13.1. The minimum atomic E-state index is -1.40. The topological polar surface area (TPSA) is 202 Å². The van der Waals surface area contributed by atoms with Crippen LogP contribution < -0.4 is 0 Å². The fourth-order valence-electron chi connectivity index (χ4n) is 3.64. The summed E-state index contributed by atoms with van der Waals surface area (Å²) in [6.45, 7) is 5.75. The molecule has 2 rings (SSSR count). The zero-order valence-electron chi connectivity index (χ0n) is 16.0. The first-order valence-electron chi connectivity index (χ1n) is 8.31. The zero-order valence-corrected chi connectivity index (χ0v) is 16.0. The third-order valence-electron chi connectivity index (χ3n) is 4.75. The van der Waals surface area contributed by atoms with Crippen molar-refractivity contribution in [3.63, 3.8) is 0 Å². The lowest BCUT2D eigenvalue weighted by Gasteiger charge is -2.36. The molecule has 0 aliphatic rings. The van der Waals surface area contributed by atoms with Crippen molar-refractivity contribution in [3.8, 4) is 57.5 Å². The van der Waals surface area contributed by atoms with Gasteiger partial charge in [0.1, 0.15) is 7.28 Å². The Morgan fingerprint density at radius 3 is 0.759 bits per heavy atom. The SMILES string of the molecule is CC(C)([B]C(C)(C)c1c(O)c(O)c(O)c(O)c1O)c1c(O)c(O)c(O)c(O)c1O. The monoisotopic (exact) mass is 409 g/mol. The van der Waals surface area contributed by atoms with Crippen LogP contribution in [0.1, 0.15) is 38.8 Å². The molecular weight excluding hydrogens is 387 g/mol. The fourth-order valence-corrected chi connectivity index (χ4v) is 3.64. The van der Waals surface area contributed by atoms with Crippen molar-refractivity contribution < 1.29 is 51.1 Å². The van der Waals surface area contributed by atoms with E-state index in [2.05, 4.69) is 0 Å². The van der Waals surface area contributed by atoms with Gasteiger partial charge in [-0.3, -0.25) is 0 Å². The molecule has 11 heteroatoms. The van der Waals surface area contributed by atoms with E-state index in [1.54, 1.807) is 0 Å². The van der Waals surface area contributed by atoms with Gasteiger partial charge in [0.2, 0.25) is 34.5 Å². The third kappa shape index (κ3) is 3.18. The van der Waals surface area contributed by atoms with Crippen molar-refractivity contribution in [2.75, 3.05) is 0 Å². The van der Waals surface area contributed by atoms with Gasteiger partial charge >= 0.3 is 0 Å². The predicted molar refractivity (Wildman–Crippen MR) is 101 cm³/mol. The van der Waals surface area contributed by atoms with Crippen LogP contribution in [-0.4, -0.2) is 58.3 Å². The van der Waals surface area contributed by atoms with E-state index in [-0.39, 0.29) is 11.1 Å². The third-order valence-corrected chi connectivity index (χ3v) is 4.75. The van der Waals surface area contributed by atoms with Gasteiger partial charge in [-0.1, -0.05) is 27.7 Å². The lowest BCUT2D eigenvalue weighted by Crippen LogP contribution is -2.40. The first kappa shape index (κ1) is 21.8. The second-order valence-corrected chi connectivity index (χ2v) is 7.82. The Bertz CT molecular complexity index is 860. The largest absolute Gasteiger partial charge is 0.504 e. The molecule has 0 saturated heterocycles. The Hall–Kier alpha value is -3.50. The van der Waals surface area contributed by atoms with Gasteiger partial charge in [0.05, 0.1) is 0 Å². The molecule has 0 atom stereocenters. The average molecular weight is 409 g/mol. The molecule has 0 saturated carbocycles. The molecule has 1 radical (unpaired) electrons. The van der Waals surface area contributed by atoms with Crippen LogP contribution in [0.4, 0.5) is 0 Å². The van der Waals surface area contributed by atoms with E-state index in [9.17, 15) is 51.1 Å². The second kappa shape index (κ2) is 6.54. The highest BCUT2D eigenvalue weighted by Gasteiger charge is 2.42. The van der Waals surface area contributed by atoms with Crippen LogP contribution in [0.15, 0.2) is 0 Å². The highest BCUT2D eigenvalue weighted by atomic mass is 16.4. The van der Waals surface area contributed by atoms with Crippen molar-refractivity contribution in [1.82, 2.24) is 0 Å². The van der Waals surface area contributed by atoms with Crippen LogP contribution in [-0.2, 0) is 10.6 Å². The number of benzene rings is 2. The van der Waals surface area contributed by atoms with Gasteiger partial charge in [-0.15, -0.1) is 0 Å². The fraction of sp³-hybridized carbons (Fsp3) is 0.333. The highest BCUT2D eigenvalue weighted by molar-refractivity contribution is 6.44. The Morgan fingerprint density at radius 1 is 0.379 bits per heavy atom. The molecule has 157 valence electrons. The number of phenols is 10.